The summed E-state index contributed by atoms with van der Waals surface area (Å²) in [7, 11) is 2.17. The molecule has 2 aliphatic rings. The Balaban J connectivity index is 2.03. The van der Waals surface area contributed by atoms with Gasteiger partial charge in [0.2, 0.25) is 5.91 Å². The molecule has 1 N–H and O–H groups in total. The van der Waals surface area contributed by atoms with E-state index in [1.807, 2.05) is 6.92 Å². The number of carbonyl (C=O) groups is 1. The minimum absolute atomic E-state index is 0.0193. The molecule has 3 unspecified atom stereocenters. The molecule has 0 spiro atoms. The number of nitrogens with zero attached hydrogens (tertiary/aromatic N) is 2. The molecular formula is C13H25N3O. The van der Waals surface area contributed by atoms with Crippen LogP contribution in [0.5, 0.6) is 0 Å². The maximum absolute atomic E-state index is 12.2. The molecule has 17 heavy (non-hydrogen) atoms. The zero-order valence-corrected chi connectivity index (χ0v) is 11.4. The average molecular weight is 239 g/mol. The highest BCUT2D eigenvalue weighted by molar-refractivity contribution is 5.84. The lowest BCUT2D eigenvalue weighted by molar-refractivity contribution is -0.130. The normalized spacial score (nSPS) is 35.2. The second-order valence-electron chi connectivity index (χ2n) is 5.84. The molecule has 0 saturated carbocycles. The molecule has 0 aromatic heterocycles. The van der Waals surface area contributed by atoms with E-state index in [0.29, 0.717) is 12.0 Å². The van der Waals surface area contributed by atoms with Crippen LogP contribution in [0.3, 0.4) is 0 Å². The van der Waals surface area contributed by atoms with Crippen molar-refractivity contribution in [2.75, 3.05) is 20.1 Å². The Bertz CT molecular complexity index is 292. The van der Waals surface area contributed by atoms with Crippen molar-refractivity contribution in [3.05, 3.63) is 0 Å². The lowest BCUT2D eigenvalue weighted by Crippen LogP contribution is -2.47. The van der Waals surface area contributed by atoms with Crippen molar-refractivity contribution >= 4 is 5.91 Å². The fraction of sp³-hybridized carbons (Fsp3) is 0.923. The van der Waals surface area contributed by atoms with Crippen LogP contribution in [0.1, 0.15) is 33.6 Å². The van der Waals surface area contributed by atoms with E-state index in [0.717, 1.165) is 6.54 Å². The van der Waals surface area contributed by atoms with Crippen LogP contribution in [-0.4, -0.2) is 54.1 Å². The van der Waals surface area contributed by atoms with Crippen molar-refractivity contribution < 1.29 is 4.79 Å². The molecular weight excluding hydrogens is 214 g/mol. The van der Waals surface area contributed by atoms with Crippen molar-refractivity contribution in [3.8, 4) is 0 Å². The number of likely N-dealkylation sites (tertiary alicyclic amines) is 1. The molecule has 0 aromatic rings. The first-order chi connectivity index (χ1) is 8.00. The number of likely N-dealkylation sites (N-methyl/N-ethyl adjacent to an activating group) is 1. The van der Waals surface area contributed by atoms with E-state index in [-0.39, 0.29) is 18.1 Å². The van der Waals surface area contributed by atoms with Crippen LogP contribution in [0, 0.1) is 5.92 Å². The van der Waals surface area contributed by atoms with Gasteiger partial charge in [-0.15, -0.1) is 0 Å². The molecule has 2 heterocycles. The highest BCUT2D eigenvalue weighted by Gasteiger charge is 2.39. The number of hydrogen-bond donors (Lipinski definition) is 1. The second-order valence-corrected chi connectivity index (χ2v) is 5.84. The second kappa shape index (κ2) is 4.94. The van der Waals surface area contributed by atoms with Crippen molar-refractivity contribution in [3.63, 3.8) is 0 Å². The van der Waals surface area contributed by atoms with E-state index in [9.17, 15) is 4.79 Å². The number of hydrogen-bond acceptors (Lipinski definition) is 3. The van der Waals surface area contributed by atoms with Gasteiger partial charge in [-0.2, -0.15) is 0 Å². The summed E-state index contributed by atoms with van der Waals surface area (Å²) in [6.07, 6.45) is 2.70. The first-order valence-corrected chi connectivity index (χ1v) is 6.77. The number of carbonyl (C=O) groups excluding carboxylic acids is 1. The third kappa shape index (κ3) is 2.47. The Kier molecular flexibility index (Phi) is 3.73. The van der Waals surface area contributed by atoms with E-state index in [1.165, 1.54) is 19.4 Å². The van der Waals surface area contributed by atoms with Crippen LogP contribution < -0.4 is 5.32 Å². The van der Waals surface area contributed by atoms with E-state index < -0.39 is 0 Å². The maximum Gasteiger partial charge on any atom is 0.240 e. The summed E-state index contributed by atoms with van der Waals surface area (Å²) in [6, 6.07) is 0.529. The van der Waals surface area contributed by atoms with E-state index in [1.54, 1.807) is 0 Å². The summed E-state index contributed by atoms with van der Waals surface area (Å²) in [4.78, 5) is 16.6. The van der Waals surface area contributed by atoms with Crippen LogP contribution in [-0.2, 0) is 4.79 Å². The number of amides is 1. The Morgan fingerprint density at radius 2 is 2.18 bits per heavy atom. The largest absolute Gasteiger partial charge is 0.324 e. The summed E-state index contributed by atoms with van der Waals surface area (Å²) >= 11 is 0. The van der Waals surface area contributed by atoms with Crippen LogP contribution in [0.25, 0.3) is 0 Å². The Morgan fingerprint density at radius 1 is 1.47 bits per heavy atom. The molecule has 2 fully saturated rings. The van der Waals surface area contributed by atoms with Crippen LogP contribution in [0.2, 0.25) is 0 Å². The molecule has 4 nitrogen and oxygen atoms in total. The fourth-order valence-corrected chi connectivity index (χ4v) is 3.00. The zero-order valence-electron chi connectivity index (χ0n) is 11.4. The first kappa shape index (κ1) is 12.8. The van der Waals surface area contributed by atoms with Gasteiger partial charge in [0, 0.05) is 12.6 Å². The van der Waals surface area contributed by atoms with E-state index in [4.69, 9.17) is 0 Å². The van der Waals surface area contributed by atoms with Gasteiger partial charge < -0.3 is 9.80 Å². The molecule has 0 radical (unpaired) electrons. The monoisotopic (exact) mass is 239 g/mol. The van der Waals surface area contributed by atoms with Gasteiger partial charge in [-0.05, 0) is 39.3 Å². The van der Waals surface area contributed by atoms with Crippen molar-refractivity contribution in [1.29, 1.82) is 0 Å². The van der Waals surface area contributed by atoms with Crippen molar-refractivity contribution in [2.45, 2.75) is 51.9 Å². The number of nitrogens with one attached hydrogen (secondary N) is 1. The van der Waals surface area contributed by atoms with Gasteiger partial charge in [-0.3, -0.25) is 10.1 Å². The van der Waals surface area contributed by atoms with Crippen molar-refractivity contribution in [1.82, 2.24) is 15.1 Å². The molecule has 98 valence electrons. The zero-order chi connectivity index (χ0) is 12.6. The van der Waals surface area contributed by atoms with Gasteiger partial charge in [0.05, 0.1) is 12.2 Å². The molecule has 1 amide bonds. The SMILES string of the molecule is CC1NC(C(C)C)N(CC2CCCN2C)C1=O. The topological polar surface area (TPSA) is 35.6 Å². The molecule has 0 aromatic carbocycles. The van der Waals surface area contributed by atoms with Gasteiger partial charge in [-0.25, -0.2) is 0 Å². The van der Waals surface area contributed by atoms with Gasteiger partial charge in [0.1, 0.15) is 0 Å². The lowest BCUT2D eigenvalue weighted by atomic mass is 10.1. The molecule has 0 aliphatic carbocycles. The van der Waals surface area contributed by atoms with Gasteiger partial charge in [0.15, 0.2) is 0 Å². The molecule has 2 rings (SSSR count). The van der Waals surface area contributed by atoms with Crippen molar-refractivity contribution in [2.24, 2.45) is 5.92 Å². The van der Waals surface area contributed by atoms with Gasteiger partial charge >= 0.3 is 0 Å². The van der Waals surface area contributed by atoms with Crippen LogP contribution in [0.4, 0.5) is 0 Å². The minimum atomic E-state index is -0.0193. The predicted molar refractivity (Wildman–Crippen MR) is 68.6 cm³/mol. The average Bonchev–Trinajstić information content (AvgIpc) is 2.78. The Hall–Kier alpha value is -0.610. The lowest BCUT2D eigenvalue weighted by Gasteiger charge is -2.31. The van der Waals surface area contributed by atoms with Gasteiger partial charge in [-0.1, -0.05) is 13.8 Å². The third-order valence-electron chi connectivity index (χ3n) is 4.12. The fourth-order valence-electron chi connectivity index (χ4n) is 3.00. The summed E-state index contributed by atoms with van der Waals surface area (Å²) in [5.41, 5.74) is 0. The quantitative estimate of drug-likeness (QED) is 0.794. The summed E-state index contributed by atoms with van der Waals surface area (Å²) in [6.45, 7) is 8.37. The Morgan fingerprint density at radius 3 is 2.71 bits per heavy atom. The third-order valence-corrected chi connectivity index (χ3v) is 4.12. The highest BCUT2D eigenvalue weighted by atomic mass is 16.2. The summed E-state index contributed by atoms with van der Waals surface area (Å²) < 4.78 is 0. The Labute approximate surface area is 104 Å². The first-order valence-electron chi connectivity index (χ1n) is 6.77. The minimum Gasteiger partial charge on any atom is -0.324 e. The maximum atomic E-state index is 12.2. The van der Waals surface area contributed by atoms with Crippen LogP contribution in [0.15, 0.2) is 0 Å². The molecule has 4 heteroatoms. The highest BCUT2D eigenvalue weighted by Crippen LogP contribution is 2.22. The van der Waals surface area contributed by atoms with E-state index >= 15 is 0 Å². The molecule has 2 saturated heterocycles. The summed E-state index contributed by atoms with van der Waals surface area (Å²) in [5.74, 6) is 0.736. The predicted octanol–water partition coefficient (Wildman–Crippen LogP) is 0.883. The van der Waals surface area contributed by atoms with Gasteiger partial charge in [0.25, 0.3) is 0 Å². The molecule has 3 atom stereocenters. The van der Waals surface area contributed by atoms with Crippen LogP contribution >= 0.6 is 0 Å². The molecule has 0 bridgehead atoms. The molecule has 2 aliphatic heterocycles. The number of rotatable bonds is 3. The standard InChI is InChI=1S/C13H25N3O/c1-9(2)12-14-10(3)13(17)16(12)8-11-6-5-7-15(11)4/h9-12,14H,5-8H2,1-4H3. The smallest absolute Gasteiger partial charge is 0.240 e. The summed E-state index contributed by atoms with van der Waals surface area (Å²) in [5, 5.41) is 3.40. The van der Waals surface area contributed by atoms with E-state index in [2.05, 4.69) is 36.0 Å².